The molecule has 13 heteroatoms. The zero-order chi connectivity index (χ0) is 36.6. The van der Waals surface area contributed by atoms with Crippen LogP contribution in [0.1, 0.15) is 68.2 Å². The van der Waals surface area contributed by atoms with Crippen LogP contribution in [0, 0.1) is 45.8 Å². The molecule has 0 aliphatic carbocycles. The lowest BCUT2D eigenvalue weighted by atomic mass is 9.72. The second-order valence-electron chi connectivity index (χ2n) is 13.6. The molecule has 2 fully saturated rings. The normalized spacial score (nSPS) is 31.8. The molecule has 0 saturated carbocycles. The van der Waals surface area contributed by atoms with Gasteiger partial charge in [0.25, 0.3) is 0 Å². The van der Waals surface area contributed by atoms with Crippen molar-refractivity contribution in [3.8, 4) is 12.1 Å². The molecule has 11 unspecified atom stereocenters. The van der Waals surface area contributed by atoms with Crippen LogP contribution in [-0.4, -0.2) is 80.7 Å². The molecule has 2 aliphatic rings. The lowest BCUT2D eigenvalue weighted by Crippen LogP contribution is -2.57. The van der Waals surface area contributed by atoms with Gasteiger partial charge in [-0.3, -0.25) is 4.52 Å². The van der Waals surface area contributed by atoms with E-state index in [9.17, 15) is 29.7 Å². The molecule has 48 heavy (non-hydrogen) atoms. The third kappa shape index (κ3) is 10.3. The van der Waals surface area contributed by atoms with Gasteiger partial charge in [0.2, 0.25) is 0 Å². The largest absolute Gasteiger partial charge is 0.469 e. The van der Waals surface area contributed by atoms with Gasteiger partial charge in [-0.2, -0.15) is 10.5 Å². The van der Waals surface area contributed by atoms with Crippen molar-refractivity contribution >= 4 is 7.82 Å². The zero-order valence-corrected chi connectivity index (χ0v) is 30.2. The van der Waals surface area contributed by atoms with Gasteiger partial charge < -0.3 is 39.3 Å². The summed E-state index contributed by atoms with van der Waals surface area (Å²) in [5, 5.41) is 51.5. The number of phosphoric ester groups is 1. The molecule has 5 N–H and O–H groups in total. The number of ether oxygens (including phenoxy) is 3. The highest BCUT2D eigenvalue weighted by molar-refractivity contribution is 7.46. The first kappa shape index (κ1) is 41.7. The van der Waals surface area contributed by atoms with Gasteiger partial charge in [0.05, 0.1) is 42.7 Å². The molecule has 12 nitrogen and oxygen atoms in total. The maximum Gasteiger partial charge on any atom is 0.469 e. The smallest absolute Gasteiger partial charge is 0.393 e. The van der Waals surface area contributed by atoms with E-state index in [0.29, 0.717) is 0 Å². The first-order chi connectivity index (χ1) is 22.2. The lowest BCUT2D eigenvalue weighted by Gasteiger charge is -2.49. The average molecular weight is 693 g/mol. The summed E-state index contributed by atoms with van der Waals surface area (Å²) < 4.78 is 36.1. The molecule has 2 rings (SSSR count). The van der Waals surface area contributed by atoms with Crippen LogP contribution in [0.4, 0.5) is 0 Å². The van der Waals surface area contributed by atoms with Gasteiger partial charge in [-0.15, -0.1) is 0 Å². The van der Waals surface area contributed by atoms with Crippen LogP contribution < -0.4 is 0 Å². The summed E-state index contributed by atoms with van der Waals surface area (Å²) in [6.45, 7) is 14.3. The highest BCUT2D eigenvalue weighted by Gasteiger charge is 2.67. The van der Waals surface area contributed by atoms with Crippen molar-refractivity contribution < 1.29 is 48.4 Å². The van der Waals surface area contributed by atoms with Gasteiger partial charge in [-0.05, 0) is 38.0 Å². The molecule has 0 bridgehead atoms. The van der Waals surface area contributed by atoms with E-state index in [0.717, 1.165) is 16.7 Å². The van der Waals surface area contributed by atoms with Gasteiger partial charge in [-0.1, -0.05) is 64.5 Å². The van der Waals surface area contributed by atoms with Crippen LogP contribution in [0.2, 0.25) is 0 Å². The number of aliphatic hydroxyl groups is 3. The van der Waals surface area contributed by atoms with Crippen molar-refractivity contribution in [1.82, 2.24) is 0 Å². The van der Waals surface area contributed by atoms with E-state index in [1.165, 1.54) is 25.3 Å². The molecular formula is C35H53N2O10P. The number of rotatable bonds is 14. The molecule has 0 amide bonds. The molecule has 0 aromatic heterocycles. The number of hydrogen-bond donors (Lipinski definition) is 5. The van der Waals surface area contributed by atoms with Gasteiger partial charge >= 0.3 is 7.82 Å². The molecule has 2 heterocycles. The Labute approximate surface area is 284 Å². The van der Waals surface area contributed by atoms with E-state index in [1.54, 1.807) is 27.7 Å². The number of nitrogens with zero attached hydrogens (tertiary/aromatic N) is 2. The van der Waals surface area contributed by atoms with E-state index in [4.69, 9.17) is 29.3 Å². The highest BCUT2D eigenvalue weighted by Crippen LogP contribution is 2.58. The minimum atomic E-state index is -5.07. The van der Waals surface area contributed by atoms with Gasteiger partial charge in [-0.25, -0.2) is 4.57 Å². The molecule has 2 saturated heterocycles. The SMILES string of the molecule is COC(CC(O)C(C)C(O)C(C)C=C(C)C(C)=CC=CC(C)=CC#N)C1OC2(CC(O)C(C)C(C=CC#N)O2)C(C)(C)C1OP(=O)(O)O. The first-order valence-electron chi connectivity index (χ1n) is 16.1. The maximum atomic E-state index is 12.2. The van der Waals surface area contributed by atoms with Crippen LogP contribution in [0.15, 0.2) is 59.3 Å². The summed E-state index contributed by atoms with van der Waals surface area (Å²) in [6, 6.07) is 3.89. The Morgan fingerprint density at radius 3 is 2.31 bits per heavy atom. The molecular weight excluding hydrogens is 639 g/mol. The number of nitriles is 2. The third-order valence-corrected chi connectivity index (χ3v) is 10.3. The Morgan fingerprint density at radius 2 is 1.75 bits per heavy atom. The Hall–Kier alpha value is -2.45. The fraction of sp³-hybridized carbons (Fsp3) is 0.657. The second-order valence-corrected chi connectivity index (χ2v) is 14.8. The number of hydrogen-bond acceptors (Lipinski definition) is 10. The molecule has 0 radical (unpaired) electrons. The maximum absolute atomic E-state index is 12.2. The minimum absolute atomic E-state index is 0.0489. The van der Waals surface area contributed by atoms with Gasteiger partial charge in [0.15, 0.2) is 5.79 Å². The Kier molecular flexibility index (Phi) is 15.2. The molecule has 0 aromatic carbocycles. The van der Waals surface area contributed by atoms with E-state index in [2.05, 4.69) is 0 Å². The molecule has 11 atom stereocenters. The van der Waals surface area contributed by atoms with E-state index < -0.39 is 73.6 Å². The predicted molar refractivity (Wildman–Crippen MR) is 179 cm³/mol. The molecule has 2 aliphatic heterocycles. The van der Waals surface area contributed by atoms with Crippen LogP contribution in [0.5, 0.6) is 0 Å². The summed E-state index contributed by atoms with van der Waals surface area (Å²) in [5.41, 5.74) is 1.46. The van der Waals surface area contributed by atoms with Gasteiger partial charge in [0, 0.05) is 55.3 Å². The van der Waals surface area contributed by atoms with Crippen LogP contribution in [0.3, 0.4) is 0 Å². The van der Waals surface area contributed by atoms with E-state index >= 15 is 0 Å². The fourth-order valence-corrected chi connectivity index (χ4v) is 7.02. The van der Waals surface area contributed by atoms with Crippen molar-refractivity contribution in [2.75, 3.05) is 7.11 Å². The fourth-order valence-electron chi connectivity index (χ4n) is 6.34. The standard InChI is InChI=1S/C35H53N2O10P/c1-21(15-17-37)12-10-13-22(2)23(3)18-24(4)31(40)26(6)27(38)19-30(44-9)32-33(47-48(41,42)43)34(7,8)35(46-32)20-28(39)25(5)29(45-35)14-11-16-36/h10-15,18,24-33,38-40H,19-20H2,1-9H3,(H2,41,42,43). The summed E-state index contributed by atoms with van der Waals surface area (Å²) in [5.74, 6) is -3.00. The topological polar surface area (TPSA) is 203 Å². The van der Waals surface area contributed by atoms with E-state index in [-0.39, 0.29) is 18.8 Å². The highest BCUT2D eigenvalue weighted by atomic mass is 31.2. The van der Waals surface area contributed by atoms with Crippen LogP contribution in [-0.2, 0) is 23.3 Å². The Morgan fingerprint density at radius 1 is 1.10 bits per heavy atom. The van der Waals surface area contributed by atoms with Gasteiger partial charge in [0.1, 0.15) is 12.2 Å². The van der Waals surface area contributed by atoms with Crippen molar-refractivity contribution in [2.24, 2.45) is 23.2 Å². The number of methoxy groups -OCH3 is 1. The average Bonchev–Trinajstić information content (AvgIpc) is 3.19. The Balaban J connectivity index is 2.33. The molecule has 0 aromatic rings. The predicted octanol–water partition coefficient (Wildman–Crippen LogP) is 4.77. The molecule has 268 valence electrons. The van der Waals surface area contributed by atoms with Crippen molar-refractivity contribution in [3.05, 3.63) is 59.3 Å². The summed E-state index contributed by atoms with van der Waals surface area (Å²) in [7, 11) is -3.70. The van der Waals surface area contributed by atoms with Crippen molar-refractivity contribution in [1.29, 1.82) is 10.5 Å². The number of phosphoric acid groups is 1. The van der Waals surface area contributed by atoms with Crippen molar-refractivity contribution in [3.63, 3.8) is 0 Å². The Bertz CT molecular complexity index is 1390. The quantitative estimate of drug-likeness (QED) is 0.0950. The van der Waals surface area contributed by atoms with E-state index in [1.807, 2.05) is 64.1 Å². The zero-order valence-electron chi connectivity index (χ0n) is 29.3. The number of allylic oxidation sites excluding steroid dienone is 8. The minimum Gasteiger partial charge on any atom is -0.393 e. The third-order valence-electron chi connectivity index (χ3n) is 9.82. The van der Waals surface area contributed by atoms with Crippen LogP contribution >= 0.6 is 7.82 Å². The molecule has 1 spiro atoms. The number of aliphatic hydroxyl groups excluding tert-OH is 3. The van der Waals surface area contributed by atoms with Crippen LogP contribution in [0.25, 0.3) is 0 Å². The summed E-state index contributed by atoms with van der Waals surface area (Å²) >= 11 is 0. The second kappa shape index (κ2) is 17.5. The summed E-state index contributed by atoms with van der Waals surface area (Å²) in [6.07, 6.45) is 4.33. The first-order valence-corrected chi connectivity index (χ1v) is 17.6. The monoisotopic (exact) mass is 692 g/mol. The summed E-state index contributed by atoms with van der Waals surface area (Å²) in [4.78, 5) is 19.8. The lowest BCUT2D eigenvalue weighted by molar-refractivity contribution is -0.327. The van der Waals surface area contributed by atoms with Crippen molar-refractivity contribution in [2.45, 2.75) is 117 Å².